The normalized spacial score (nSPS) is 30.6. The second-order valence-corrected chi connectivity index (χ2v) is 20.6. The molecule has 3 fully saturated rings. The van der Waals surface area contributed by atoms with Gasteiger partial charge in [-0.1, -0.05) is 64.7 Å². The van der Waals surface area contributed by atoms with Gasteiger partial charge in [-0.05, 0) is 6.42 Å². The van der Waals surface area contributed by atoms with Crippen molar-refractivity contribution in [2.75, 3.05) is 43.6 Å². The molecule has 0 aliphatic carbocycles. The number of nitrogen functional groups attached to an aromatic ring is 2. The van der Waals surface area contributed by atoms with E-state index in [1.807, 2.05) is 0 Å². The molecule has 3 aliphatic heterocycles. The van der Waals surface area contributed by atoms with Gasteiger partial charge in [-0.2, -0.15) is 0 Å². The van der Waals surface area contributed by atoms with Gasteiger partial charge < -0.3 is 44.6 Å². The highest BCUT2D eigenvalue weighted by atomic mass is 32.7. The Labute approximate surface area is 358 Å². The Hall–Kier alpha value is -3.64. The number of rotatable bonds is 16. The molecule has 22 nitrogen and oxygen atoms in total. The monoisotopic (exact) mass is 934 g/mol. The molecule has 62 heavy (non-hydrogen) atoms. The van der Waals surface area contributed by atoms with Crippen LogP contribution >= 0.6 is 25.8 Å². The summed E-state index contributed by atoms with van der Waals surface area (Å²) < 4.78 is 108. The van der Waals surface area contributed by atoms with Crippen molar-refractivity contribution >= 4 is 65.9 Å². The SMILES string of the molecule is CCCCCCCCCCCCOC(=O)OCSP1(=O)OC[C@H]2O[C@@H](n3cnc4c(N)ncnc43)[C@H](F)[C@@H]2OCP(=O)(O)OCC2O[C@@H](n3cnc4c(N)ncnc43)[C@H](F)[C@@H]2O1. The summed E-state index contributed by atoms with van der Waals surface area (Å²) in [5, 5.41) is 0. The smallest absolute Gasteiger partial charge is 0.434 e. The van der Waals surface area contributed by atoms with Gasteiger partial charge in [0.2, 0.25) is 0 Å². The maximum absolute atomic E-state index is 16.7. The minimum atomic E-state index is -4.74. The number of anilines is 2. The van der Waals surface area contributed by atoms with E-state index in [1.54, 1.807) is 0 Å². The first-order valence-corrected chi connectivity index (χ1v) is 25.2. The molecule has 7 rings (SSSR count). The number of carbonyl (C=O) groups is 1. The molecule has 0 spiro atoms. The Kier molecular flexibility index (Phi) is 15.6. The van der Waals surface area contributed by atoms with E-state index in [9.17, 15) is 18.8 Å². The van der Waals surface area contributed by atoms with Gasteiger partial charge in [-0.25, -0.2) is 48.0 Å². The molecule has 0 radical (unpaired) electrons. The van der Waals surface area contributed by atoms with Crippen LogP contribution in [-0.2, 0) is 46.4 Å². The van der Waals surface area contributed by atoms with Crippen molar-refractivity contribution in [2.45, 2.75) is 120 Å². The van der Waals surface area contributed by atoms with Gasteiger partial charge in [0.25, 0.3) is 0 Å². The van der Waals surface area contributed by atoms with Crippen molar-refractivity contribution in [2.24, 2.45) is 0 Å². The number of nitrogens with zero attached hydrogens (tertiary/aromatic N) is 8. The molecule has 4 aromatic heterocycles. The molecular weight excluding hydrogens is 884 g/mol. The van der Waals surface area contributed by atoms with E-state index in [4.69, 9.17) is 48.7 Å². The van der Waals surface area contributed by atoms with Crippen LogP contribution in [0, 0.1) is 0 Å². The Morgan fingerprint density at radius 3 is 1.92 bits per heavy atom. The molecule has 3 unspecified atom stereocenters. The number of hydrogen-bond donors (Lipinski definition) is 3. The molecular formula is C35H50F2N10O12P2S. The lowest BCUT2D eigenvalue weighted by molar-refractivity contribution is -0.0529. The van der Waals surface area contributed by atoms with Crippen molar-refractivity contribution in [1.82, 2.24) is 39.0 Å². The van der Waals surface area contributed by atoms with Crippen molar-refractivity contribution in [3.05, 3.63) is 25.3 Å². The van der Waals surface area contributed by atoms with Crippen LogP contribution in [0.5, 0.6) is 0 Å². The molecule has 3 saturated heterocycles. The van der Waals surface area contributed by atoms with Crippen molar-refractivity contribution in [3.63, 3.8) is 0 Å². The first-order chi connectivity index (χ1) is 29.9. The Bertz CT molecular complexity index is 2230. The predicted octanol–water partition coefficient (Wildman–Crippen LogP) is 6.13. The van der Waals surface area contributed by atoms with Gasteiger partial charge in [0.1, 0.15) is 54.5 Å². The molecule has 10 atom stereocenters. The lowest BCUT2D eigenvalue weighted by Gasteiger charge is -2.26. The third kappa shape index (κ3) is 11.0. The standard InChI is InChI=1S/C35H50F2N10O12P2S/c1-2-3-4-5-6-7-8-9-10-11-12-52-35(48)54-20-62-61(51)56-14-21-27(23(36)33(57-21)46-17-44-25-29(38)40-15-42-31(25)46)53-19-60(49,50)55-13-22-28(59-61)24(37)34(58-22)47-18-45-26-30(39)41-16-43-32(26)47/h15-18,21-24,27-28,33-34H,2-14,19-20H2,1H3,(H,49,50)(H2,38,40,42)(H2,39,41,43)/t21-,22?,23-,24-,27-,28-,33-,34-,61?/m1/s1. The summed E-state index contributed by atoms with van der Waals surface area (Å²) in [5.74, 6) is -0.631. The molecule has 0 aromatic carbocycles. The molecule has 0 bridgehead atoms. The van der Waals surface area contributed by atoms with Crippen LogP contribution in [0.25, 0.3) is 22.3 Å². The van der Waals surface area contributed by atoms with Crippen LogP contribution in [0.15, 0.2) is 25.3 Å². The fourth-order valence-electron chi connectivity index (χ4n) is 7.29. The molecule has 3 aliphatic rings. The number of imidazole rings is 2. The van der Waals surface area contributed by atoms with Gasteiger partial charge in [0.05, 0.1) is 32.5 Å². The van der Waals surface area contributed by atoms with Gasteiger partial charge in [-0.3, -0.25) is 22.7 Å². The molecule has 4 aromatic rings. The van der Waals surface area contributed by atoms with Gasteiger partial charge in [0.15, 0.2) is 53.7 Å². The zero-order valence-corrected chi connectivity index (χ0v) is 36.4. The Balaban J connectivity index is 1.06. The maximum Gasteiger partial charge on any atom is 0.509 e. The summed E-state index contributed by atoms with van der Waals surface area (Å²) >= 11 is 0.363. The van der Waals surface area contributed by atoms with Crippen LogP contribution in [0.1, 0.15) is 83.6 Å². The third-order valence-electron chi connectivity index (χ3n) is 10.5. The van der Waals surface area contributed by atoms with Crippen molar-refractivity contribution in [1.29, 1.82) is 0 Å². The first-order valence-electron chi connectivity index (χ1n) is 20.3. The largest absolute Gasteiger partial charge is 0.509 e. The minimum absolute atomic E-state index is 0.00524. The summed E-state index contributed by atoms with van der Waals surface area (Å²) in [4.78, 5) is 47.7. The number of nitrogens with two attached hydrogens (primary N) is 2. The van der Waals surface area contributed by atoms with E-state index in [1.165, 1.54) is 53.9 Å². The second kappa shape index (κ2) is 20.9. The zero-order chi connectivity index (χ0) is 43.9. The van der Waals surface area contributed by atoms with E-state index < -0.39 is 95.3 Å². The van der Waals surface area contributed by atoms with Gasteiger partial charge in [-0.15, -0.1) is 0 Å². The Morgan fingerprint density at radius 1 is 0.790 bits per heavy atom. The fraction of sp³-hybridized carbons (Fsp3) is 0.686. The summed E-state index contributed by atoms with van der Waals surface area (Å²) in [5.41, 5.74) is 12.3. The molecule has 5 N–H and O–H groups in total. The highest BCUT2D eigenvalue weighted by Crippen LogP contribution is 2.63. The number of carbonyl (C=O) groups excluding carboxylic acids is 1. The highest BCUT2D eigenvalue weighted by Gasteiger charge is 2.54. The third-order valence-corrected chi connectivity index (χ3v) is 14.9. The number of ether oxygens (including phenoxy) is 5. The van der Waals surface area contributed by atoms with Crippen molar-refractivity contribution < 1.29 is 64.9 Å². The lowest BCUT2D eigenvalue weighted by atomic mass is 10.1. The zero-order valence-electron chi connectivity index (χ0n) is 33.8. The van der Waals surface area contributed by atoms with E-state index >= 15 is 8.78 Å². The number of aromatic nitrogens is 8. The van der Waals surface area contributed by atoms with Gasteiger partial charge in [0, 0.05) is 11.4 Å². The van der Waals surface area contributed by atoms with E-state index in [0.717, 1.165) is 38.3 Å². The Morgan fingerprint density at radius 2 is 1.32 bits per heavy atom. The average molecular weight is 935 g/mol. The van der Waals surface area contributed by atoms with Crippen LogP contribution in [0.4, 0.5) is 25.2 Å². The fourth-order valence-corrected chi connectivity index (χ4v) is 10.9. The van der Waals surface area contributed by atoms with E-state index in [0.29, 0.717) is 17.8 Å². The number of fused-ring (bicyclic) bond motifs is 4. The number of halogens is 2. The molecule has 0 amide bonds. The van der Waals surface area contributed by atoms with E-state index in [-0.39, 0.29) is 40.6 Å². The van der Waals surface area contributed by atoms with Crippen molar-refractivity contribution in [3.8, 4) is 0 Å². The molecule has 342 valence electrons. The second-order valence-electron chi connectivity index (χ2n) is 14.9. The summed E-state index contributed by atoms with van der Waals surface area (Å²) in [6.07, 6.45) is -0.219. The summed E-state index contributed by atoms with van der Waals surface area (Å²) in [6.45, 7) is -3.95. The number of unbranched alkanes of at least 4 members (excludes halogenated alkanes) is 9. The van der Waals surface area contributed by atoms with Crippen LogP contribution in [0.2, 0.25) is 0 Å². The minimum Gasteiger partial charge on any atom is -0.434 e. The number of hydrogen-bond acceptors (Lipinski definition) is 20. The topological polar surface area (TPSA) is 285 Å². The summed E-state index contributed by atoms with van der Waals surface area (Å²) in [7, 11) is -4.74. The first kappa shape index (κ1) is 46.4. The average Bonchev–Trinajstić information content (AvgIpc) is 4.02. The quantitative estimate of drug-likeness (QED) is 0.0492. The molecule has 7 heterocycles. The highest BCUT2D eigenvalue weighted by molar-refractivity contribution is 8.55. The van der Waals surface area contributed by atoms with E-state index in [2.05, 4.69) is 36.8 Å². The van der Waals surface area contributed by atoms with Gasteiger partial charge >= 0.3 is 20.5 Å². The lowest BCUT2D eigenvalue weighted by Crippen LogP contribution is -2.35. The predicted molar refractivity (Wildman–Crippen MR) is 218 cm³/mol. The summed E-state index contributed by atoms with van der Waals surface area (Å²) in [6, 6.07) is 0. The van der Waals surface area contributed by atoms with Crippen LogP contribution in [0.3, 0.4) is 0 Å². The maximum atomic E-state index is 16.7. The molecule has 0 saturated carbocycles. The number of alkyl halides is 2. The van der Waals surface area contributed by atoms with Crippen LogP contribution in [-0.4, -0.2) is 119 Å². The van der Waals surface area contributed by atoms with Crippen LogP contribution < -0.4 is 11.5 Å². The molecule has 27 heteroatoms.